The number of benzene rings is 2. The van der Waals surface area contributed by atoms with Crippen molar-refractivity contribution in [2.45, 2.75) is 27.2 Å². The van der Waals surface area contributed by atoms with E-state index in [1.165, 1.54) is 5.56 Å². The van der Waals surface area contributed by atoms with Gasteiger partial charge >= 0.3 is 0 Å². The smallest absolute Gasteiger partial charge is 0.267 e. The summed E-state index contributed by atoms with van der Waals surface area (Å²) in [5, 5.41) is 3.02. The van der Waals surface area contributed by atoms with Crippen LogP contribution in [0.3, 0.4) is 0 Å². The molecule has 1 heterocycles. The van der Waals surface area contributed by atoms with E-state index in [9.17, 15) is 4.79 Å². The second kappa shape index (κ2) is 6.29. The second-order valence-corrected chi connectivity index (χ2v) is 6.40. The third kappa shape index (κ3) is 3.14. The minimum atomic E-state index is -0.0339. The van der Waals surface area contributed by atoms with Gasteiger partial charge in [0.2, 0.25) is 0 Å². The maximum atomic E-state index is 12.6. The molecule has 0 bridgehead atoms. The summed E-state index contributed by atoms with van der Waals surface area (Å²) in [6.45, 7) is 6.41. The number of nitrogens with one attached hydrogen (secondary N) is 1. The Morgan fingerprint density at radius 3 is 2.43 bits per heavy atom. The molecule has 3 nitrogen and oxygen atoms in total. The summed E-state index contributed by atoms with van der Waals surface area (Å²) in [5.74, 6) is 0.462. The maximum absolute atomic E-state index is 12.6. The van der Waals surface area contributed by atoms with E-state index in [-0.39, 0.29) is 5.56 Å². The van der Waals surface area contributed by atoms with Crippen molar-refractivity contribution in [1.82, 2.24) is 9.78 Å². The van der Waals surface area contributed by atoms with Crippen molar-refractivity contribution in [1.29, 1.82) is 0 Å². The molecule has 23 heavy (non-hydrogen) atoms. The standard InChI is InChI=1S/C20H22N2O/c1-14(2)12-18-19(16-9-5-4-6-10-16)20(23)21-22(18)17-11-7-8-15(3)13-17/h4-11,13-14H,12H2,1-3H3,(H,21,23). The Balaban J connectivity index is 2.23. The van der Waals surface area contributed by atoms with Crippen molar-refractivity contribution in [3.05, 3.63) is 76.2 Å². The van der Waals surface area contributed by atoms with Gasteiger partial charge in [-0.2, -0.15) is 0 Å². The van der Waals surface area contributed by atoms with Crippen LogP contribution in [0.15, 0.2) is 59.4 Å². The Kier molecular flexibility index (Phi) is 4.20. The van der Waals surface area contributed by atoms with Crippen LogP contribution in [-0.4, -0.2) is 9.78 Å². The van der Waals surface area contributed by atoms with Gasteiger partial charge in [0, 0.05) is 0 Å². The van der Waals surface area contributed by atoms with Crippen molar-refractivity contribution < 1.29 is 0 Å². The average Bonchev–Trinajstić information content (AvgIpc) is 2.84. The van der Waals surface area contributed by atoms with E-state index in [1.54, 1.807) is 0 Å². The first-order valence-electron chi connectivity index (χ1n) is 8.02. The SMILES string of the molecule is Cc1cccc(-n2[nH]c(=O)c(-c3ccccc3)c2CC(C)C)c1. The van der Waals surface area contributed by atoms with Crippen LogP contribution in [-0.2, 0) is 6.42 Å². The van der Waals surface area contributed by atoms with Crippen LogP contribution in [0.4, 0.5) is 0 Å². The summed E-state index contributed by atoms with van der Waals surface area (Å²) in [7, 11) is 0. The molecule has 3 heteroatoms. The number of hydrogen-bond acceptors (Lipinski definition) is 1. The van der Waals surface area contributed by atoms with Crippen LogP contribution >= 0.6 is 0 Å². The first-order valence-corrected chi connectivity index (χ1v) is 8.02. The molecule has 0 aliphatic heterocycles. The van der Waals surface area contributed by atoms with Crippen LogP contribution in [0.5, 0.6) is 0 Å². The predicted molar refractivity (Wildman–Crippen MR) is 95.1 cm³/mol. The van der Waals surface area contributed by atoms with Crippen LogP contribution in [0, 0.1) is 12.8 Å². The largest absolute Gasteiger partial charge is 0.272 e. The Morgan fingerprint density at radius 1 is 1.04 bits per heavy atom. The molecule has 0 spiro atoms. The zero-order valence-corrected chi connectivity index (χ0v) is 13.8. The van der Waals surface area contributed by atoms with Crippen molar-refractivity contribution in [3.8, 4) is 16.8 Å². The number of aromatic amines is 1. The fourth-order valence-corrected chi connectivity index (χ4v) is 2.94. The highest BCUT2D eigenvalue weighted by Gasteiger charge is 2.18. The number of hydrogen-bond donors (Lipinski definition) is 1. The molecular weight excluding hydrogens is 284 g/mol. The highest BCUT2D eigenvalue weighted by Crippen LogP contribution is 2.25. The monoisotopic (exact) mass is 306 g/mol. The molecule has 118 valence electrons. The van der Waals surface area contributed by atoms with Gasteiger partial charge in [-0.15, -0.1) is 0 Å². The summed E-state index contributed by atoms with van der Waals surface area (Å²) in [5.41, 5.74) is 4.93. The summed E-state index contributed by atoms with van der Waals surface area (Å²) in [6, 6.07) is 18.1. The molecule has 3 aromatic rings. The molecule has 0 amide bonds. The minimum Gasteiger partial charge on any atom is -0.267 e. The van der Waals surface area contributed by atoms with Crippen molar-refractivity contribution in [3.63, 3.8) is 0 Å². The topological polar surface area (TPSA) is 37.8 Å². The third-order valence-corrected chi connectivity index (χ3v) is 3.92. The lowest BCUT2D eigenvalue weighted by molar-refractivity contribution is 0.616. The molecular formula is C20H22N2O. The zero-order chi connectivity index (χ0) is 16.4. The Bertz CT molecular complexity index is 857. The first kappa shape index (κ1) is 15.3. The normalized spacial score (nSPS) is 11.1. The highest BCUT2D eigenvalue weighted by atomic mass is 16.1. The summed E-state index contributed by atoms with van der Waals surface area (Å²) >= 11 is 0. The molecule has 3 rings (SSSR count). The average molecular weight is 306 g/mol. The number of aryl methyl sites for hydroxylation is 1. The van der Waals surface area contributed by atoms with Crippen LogP contribution < -0.4 is 5.56 Å². The minimum absolute atomic E-state index is 0.0339. The predicted octanol–water partition coefficient (Wildman–Crippen LogP) is 4.34. The van der Waals surface area contributed by atoms with E-state index in [2.05, 4.69) is 38.0 Å². The molecule has 0 aliphatic rings. The molecule has 0 radical (unpaired) electrons. The van der Waals surface area contributed by atoms with Crippen molar-refractivity contribution >= 4 is 0 Å². The van der Waals surface area contributed by atoms with Crippen molar-refractivity contribution in [2.75, 3.05) is 0 Å². The molecule has 0 saturated carbocycles. The second-order valence-electron chi connectivity index (χ2n) is 6.40. The van der Waals surface area contributed by atoms with Gasteiger partial charge in [0.15, 0.2) is 0 Å². The lowest BCUT2D eigenvalue weighted by Gasteiger charge is -2.13. The number of nitrogens with zero attached hydrogens (tertiary/aromatic N) is 1. The number of rotatable bonds is 4. The molecule has 0 atom stereocenters. The Labute approximate surface area is 136 Å². The number of aromatic nitrogens is 2. The van der Waals surface area contributed by atoms with Crippen LogP contribution in [0.1, 0.15) is 25.1 Å². The van der Waals surface area contributed by atoms with Gasteiger partial charge in [0.1, 0.15) is 0 Å². The van der Waals surface area contributed by atoms with Gasteiger partial charge in [0.25, 0.3) is 5.56 Å². The highest BCUT2D eigenvalue weighted by molar-refractivity contribution is 5.66. The van der Waals surface area contributed by atoms with Crippen LogP contribution in [0.2, 0.25) is 0 Å². The molecule has 0 saturated heterocycles. The summed E-state index contributed by atoms with van der Waals surface area (Å²) < 4.78 is 1.94. The fraction of sp³-hybridized carbons (Fsp3) is 0.250. The van der Waals surface area contributed by atoms with E-state index in [4.69, 9.17) is 0 Å². The quantitative estimate of drug-likeness (QED) is 0.765. The van der Waals surface area contributed by atoms with Gasteiger partial charge in [-0.25, -0.2) is 0 Å². The fourth-order valence-electron chi connectivity index (χ4n) is 2.94. The molecule has 1 aromatic heterocycles. The van der Waals surface area contributed by atoms with E-state index in [1.807, 2.05) is 47.1 Å². The first-order chi connectivity index (χ1) is 11.1. The van der Waals surface area contributed by atoms with Crippen LogP contribution in [0.25, 0.3) is 16.8 Å². The van der Waals surface area contributed by atoms with E-state index in [0.29, 0.717) is 5.92 Å². The lowest BCUT2D eigenvalue weighted by Crippen LogP contribution is -2.07. The number of H-pyrrole nitrogens is 1. The zero-order valence-electron chi connectivity index (χ0n) is 13.8. The maximum Gasteiger partial charge on any atom is 0.272 e. The van der Waals surface area contributed by atoms with Crippen molar-refractivity contribution in [2.24, 2.45) is 5.92 Å². The third-order valence-electron chi connectivity index (χ3n) is 3.92. The van der Waals surface area contributed by atoms with Gasteiger partial charge in [-0.3, -0.25) is 14.6 Å². The van der Waals surface area contributed by atoms with Gasteiger partial charge < -0.3 is 0 Å². The van der Waals surface area contributed by atoms with E-state index < -0.39 is 0 Å². The van der Waals surface area contributed by atoms with Gasteiger partial charge in [0.05, 0.1) is 16.9 Å². The molecule has 2 aromatic carbocycles. The van der Waals surface area contributed by atoms with Gasteiger partial charge in [-0.1, -0.05) is 56.3 Å². The van der Waals surface area contributed by atoms with E-state index >= 15 is 0 Å². The summed E-state index contributed by atoms with van der Waals surface area (Å²) in [6.07, 6.45) is 0.844. The Morgan fingerprint density at radius 2 is 1.78 bits per heavy atom. The van der Waals surface area contributed by atoms with Gasteiger partial charge in [-0.05, 0) is 42.5 Å². The molecule has 0 aliphatic carbocycles. The summed E-state index contributed by atoms with van der Waals surface area (Å²) in [4.78, 5) is 12.6. The Hall–Kier alpha value is -2.55. The lowest BCUT2D eigenvalue weighted by atomic mass is 9.99. The molecule has 0 unspecified atom stereocenters. The molecule has 1 N–H and O–H groups in total. The van der Waals surface area contributed by atoms with E-state index in [0.717, 1.165) is 28.9 Å². The molecule has 0 fully saturated rings.